The van der Waals surface area contributed by atoms with Crippen LogP contribution in [0.4, 0.5) is 0 Å². The molecule has 0 saturated heterocycles. The number of benzene rings is 1. The molecule has 1 aromatic carbocycles. The van der Waals surface area contributed by atoms with Crippen molar-refractivity contribution in [3.05, 3.63) is 54.6 Å². The minimum atomic E-state index is 0.232. The zero-order valence-corrected chi connectivity index (χ0v) is 11.1. The van der Waals surface area contributed by atoms with E-state index >= 15 is 0 Å². The summed E-state index contributed by atoms with van der Waals surface area (Å²) < 4.78 is 2.08. The third kappa shape index (κ3) is 3.86. The van der Waals surface area contributed by atoms with Crippen molar-refractivity contribution in [1.29, 1.82) is 0 Å². The average Bonchev–Trinajstić information content (AvgIpc) is 2.93. The largest absolute Gasteiger partial charge is 0.337 e. The lowest BCUT2D eigenvalue weighted by Crippen LogP contribution is -2.24. The van der Waals surface area contributed by atoms with Crippen LogP contribution in [0.3, 0.4) is 0 Å². The SMILES string of the molecule is ClCC(NCCCn1ccnc1)c1ccccc1. The van der Waals surface area contributed by atoms with Crippen molar-refractivity contribution in [2.24, 2.45) is 0 Å². The molecular formula is C14H18ClN3. The Balaban J connectivity index is 1.74. The Morgan fingerprint density at radius 2 is 2.11 bits per heavy atom. The van der Waals surface area contributed by atoms with Crippen LogP contribution in [0, 0.1) is 0 Å². The average molecular weight is 264 g/mol. The van der Waals surface area contributed by atoms with Crippen LogP contribution in [-0.4, -0.2) is 22.0 Å². The first-order chi connectivity index (χ1) is 8.90. The lowest BCUT2D eigenvalue weighted by atomic mass is 10.1. The molecule has 4 heteroatoms. The highest BCUT2D eigenvalue weighted by atomic mass is 35.5. The van der Waals surface area contributed by atoms with Gasteiger partial charge in [-0.05, 0) is 18.5 Å². The summed E-state index contributed by atoms with van der Waals surface area (Å²) in [5.41, 5.74) is 1.25. The summed E-state index contributed by atoms with van der Waals surface area (Å²) in [7, 11) is 0. The highest BCUT2D eigenvalue weighted by Crippen LogP contribution is 2.13. The van der Waals surface area contributed by atoms with Gasteiger partial charge in [0.2, 0.25) is 0 Å². The van der Waals surface area contributed by atoms with E-state index in [2.05, 4.69) is 27.0 Å². The second-order valence-corrected chi connectivity index (χ2v) is 4.53. The zero-order chi connectivity index (χ0) is 12.6. The molecule has 0 bridgehead atoms. The van der Waals surface area contributed by atoms with E-state index in [0.717, 1.165) is 19.5 Å². The fourth-order valence-corrected chi connectivity index (χ4v) is 2.19. The highest BCUT2D eigenvalue weighted by Gasteiger charge is 2.07. The molecule has 0 saturated carbocycles. The molecule has 18 heavy (non-hydrogen) atoms. The van der Waals surface area contributed by atoms with Crippen LogP contribution in [-0.2, 0) is 6.54 Å². The van der Waals surface area contributed by atoms with Crippen molar-refractivity contribution in [2.75, 3.05) is 12.4 Å². The van der Waals surface area contributed by atoms with Gasteiger partial charge in [0.15, 0.2) is 0 Å². The molecule has 96 valence electrons. The maximum absolute atomic E-state index is 6.00. The van der Waals surface area contributed by atoms with E-state index in [0.29, 0.717) is 5.88 Å². The number of aryl methyl sites for hydroxylation is 1. The predicted octanol–water partition coefficient (Wildman–Crippen LogP) is 2.84. The van der Waals surface area contributed by atoms with E-state index in [1.807, 2.05) is 30.7 Å². The van der Waals surface area contributed by atoms with Gasteiger partial charge in [0, 0.05) is 30.9 Å². The first-order valence-corrected chi connectivity index (χ1v) is 6.73. The third-order valence-electron chi connectivity index (χ3n) is 2.90. The number of alkyl halides is 1. The number of halogens is 1. The molecule has 0 fully saturated rings. The van der Waals surface area contributed by atoms with Crippen LogP contribution in [0.25, 0.3) is 0 Å². The van der Waals surface area contributed by atoms with Gasteiger partial charge in [-0.3, -0.25) is 0 Å². The van der Waals surface area contributed by atoms with Gasteiger partial charge in [-0.2, -0.15) is 0 Å². The smallest absolute Gasteiger partial charge is 0.0945 e. The van der Waals surface area contributed by atoms with Gasteiger partial charge in [0.05, 0.1) is 6.33 Å². The van der Waals surface area contributed by atoms with E-state index < -0.39 is 0 Å². The van der Waals surface area contributed by atoms with Crippen LogP contribution in [0.2, 0.25) is 0 Å². The van der Waals surface area contributed by atoms with Gasteiger partial charge < -0.3 is 9.88 Å². The van der Waals surface area contributed by atoms with E-state index in [-0.39, 0.29) is 6.04 Å². The maximum Gasteiger partial charge on any atom is 0.0945 e. The number of hydrogen-bond donors (Lipinski definition) is 1. The molecule has 1 atom stereocenters. The van der Waals surface area contributed by atoms with Crippen LogP contribution >= 0.6 is 11.6 Å². The van der Waals surface area contributed by atoms with E-state index in [1.54, 1.807) is 6.20 Å². The van der Waals surface area contributed by atoms with Crippen LogP contribution < -0.4 is 5.32 Å². The summed E-state index contributed by atoms with van der Waals surface area (Å²) in [5.74, 6) is 0.592. The molecular weight excluding hydrogens is 246 g/mol. The Hall–Kier alpha value is -1.32. The molecule has 0 aliphatic carbocycles. The van der Waals surface area contributed by atoms with Crippen molar-refractivity contribution in [2.45, 2.75) is 19.0 Å². The molecule has 1 aromatic heterocycles. The quantitative estimate of drug-likeness (QED) is 0.615. The zero-order valence-electron chi connectivity index (χ0n) is 10.3. The lowest BCUT2D eigenvalue weighted by molar-refractivity contribution is 0.529. The van der Waals surface area contributed by atoms with Gasteiger partial charge in [-0.25, -0.2) is 4.98 Å². The minimum absolute atomic E-state index is 0.232. The van der Waals surface area contributed by atoms with Crippen LogP contribution in [0.15, 0.2) is 49.1 Å². The molecule has 2 rings (SSSR count). The predicted molar refractivity (Wildman–Crippen MR) is 74.7 cm³/mol. The van der Waals surface area contributed by atoms with Gasteiger partial charge >= 0.3 is 0 Å². The van der Waals surface area contributed by atoms with Crippen molar-refractivity contribution >= 4 is 11.6 Å². The molecule has 2 aromatic rings. The number of nitrogens with zero attached hydrogens (tertiary/aromatic N) is 2. The van der Waals surface area contributed by atoms with Gasteiger partial charge in [0.25, 0.3) is 0 Å². The molecule has 1 unspecified atom stereocenters. The normalized spacial score (nSPS) is 12.5. The first kappa shape index (κ1) is 13.1. The van der Waals surface area contributed by atoms with Gasteiger partial charge in [0.1, 0.15) is 0 Å². The number of aromatic nitrogens is 2. The minimum Gasteiger partial charge on any atom is -0.337 e. The van der Waals surface area contributed by atoms with E-state index in [1.165, 1.54) is 5.56 Å². The Labute approximate surface area is 113 Å². The summed E-state index contributed by atoms with van der Waals surface area (Å²) in [6.45, 7) is 1.93. The molecule has 0 amide bonds. The summed E-state index contributed by atoms with van der Waals surface area (Å²) in [4.78, 5) is 4.02. The summed E-state index contributed by atoms with van der Waals surface area (Å²) in [5, 5.41) is 3.48. The Morgan fingerprint density at radius 1 is 1.28 bits per heavy atom. The second-order valence-electron chi connectivity index (χ2n) is 4.23. The third-order valence-corrected chi connectivity index (χ3v) is 3.21. The fraction of sp³-hybridized carbons (Fsp3) is 0.357. The molecule has 1 N–H and O–H groups in total. The molecule has 1 heterocycles. The Morgan fingerprint density at radius 3 is 2.78 bits per heavy atom. The second kappa shape index (κ2) is 7.19. The number of imidazole rings is 1. The van der Waals surface area contributed by atoms with Crippen LogP contribution in [0.5, 0.6) is 0 Å². The Kier molecular flexibility index (Phi) is 5.24. The van der Waals surface area contributed by atoms with Crippen molar-refractivity contribution < 1.29 is 0 Å². The van der Waals surface area contributed by atoms with E-state index in [9.17, 15) is 0 Å². The molecule has 3 nitrogen and oxygen atoms in total. The number of nitrogens with one attached hydrogen (secondary N) is 1. The monoisotopic (exact) mass is 263 g/mol. The van der Waals surface area contributed by atoms with Crippen molar-refractivity contribution in [3.8, 4) is 0 Å². The maximum atomic E-state index is 6.00. The standard InChI is InChI=1S/C14H18ClN3/c15-11-14(13-5-2-1-3-6-13)17-7-4-9-18-10-8-16-12-18/h1-3,5-6,8,10,12,14,17H,4,7,9,11H2. The first-order valence-electron chi connectivity index (χ1n) is 6.20. The fourth-order valence-electron chi connectivity index (χ4n) is 1.90. The number of hydrogen-bond acceptors (Lipinski definition) is 2. The molecule has 0 radical (unpaired) electrons. The Bertz CT molecular complexity index is 428. The van der Waals surface area contributed by atoms with Crippen molar-refractivity contribution in [1.82, 2.24) is 14.9 Å². The van der Waals surface area contributed by atoms with Crippen LogP contribution in [0.1, 0.15) is 18.0 Å². The highest BCUT2D eigenvalue weighted by molar-refractivity contribution is 6.18. The molecule has 0 spiro atoms. The summed E-state index contributed by atoms with van der Waals surface area (Å²) >= 11 is 6.00. The van der Waals surface area contributed by atoms with Gasteiger partial charge in [-0.1, -0.05) is 30.3 Å². The number of rotatable bonds is 7. The van der Waals surface area contributed by atoms with Gasteiger partial charge in [-0.15, -0.1) is 11.6 Å². The molecule has 0 aliphatic rings. The van der Waals surface area contributed by atoms with E-state index in [4.69, 9.17) is 11.6 Å². The topological polar surface area (TPSA) is 29.9 Å². The summed E-state index contributed by atoms with van der Waals surface area (Å²) in [6.07, 6.45) is 6.70. The summed E-state index contributed by atoms with van der Waals surface area (Å²) in [6, 6.07) is 10.6. The molecule has 0 aliphatic heterocycles. The lowest BCUT2D eigenvalue weighted by Gasteiger charge is -2.16. The van der Waals surface area contributed by atoms with Crippen molar-refractivity contribution in [3.63, 3.8) is 0 Å².